The zero-order valence-corrected chi connectivity index (χ0v) is 12.9. The summed E-state index contributed by atoms with van der Waals surface area (Å²) >= 11 is 0. The molecule has 0 bridgehead atoms. The van der Waals surface area contributed by atoms with E-state index in [0.717, 1.165) is 18.7 Å². The molecule has 2 N–H and O–H groups in total. The minimum absolute atomic E-state index is 0.110. The molecule has 1 atom stereocenters. The van der Waals surface area contributed by atoms with Gasteiger partial charge in [0.15, 0.2) is 5.03 Å². The Morgan fingerprint density at radius 1 is 1.48 bits per heavy atom. The maximum atomic E-state index is 12.5. The summed E-state index contributed by atoms with van der Waals surface area (Å²) in [5.41, 5.74) is 0. The van der Waals surface area contributed by atoms with E-state index in [-0.39, 0.29) is 11.1 Å². The molecule has 0 aliphatic heterocycles. The second kappa shape index (κ2) is 5.27. The number of nitrogens with one attached hydrogen (secondary N) is 2. The molecule has 114 valence electrons. The monoisotopic (exact) mass is 309 g/mol. The molecule has 8 heteroatoms. The van der Waals surface area contributed by atoms with Crippen molar-refractivity contribution in [3.05, 3.63) is 30.2 Å². The van der Waals surface area contributed by atoms with Crippen LogP contribution in [0.2, 0.25) is 0 Å². The van der Waals surface area contributed by atoms with Gasteiger partial charge < -0.3 is 9.55 Å². The van der Waals surface area contributed by atoms with E-state index in [4.69, 9.17) is 0 Å². The van der Waals surface area contributed by atoms with E-state index < -0.39 is 10.0 Å². The number of hydrogen-bond acceptors (Lipinski definition) is 4. The predicted molar refractivity (Wildman–Crippen MR) is 77.0 cm³/mol. The highest BCUT2D eigenvalue weighted by Crippen LogP contribution is 2.41. The van der Waals surface area contributed by atoms with Crippen molar-refractivity contribution in [2.45, 2.75) is 37.3 Å². The average molecular weight is 309 g/mol. The predicted octanol–water partition coefficient (Wildman–Crippen LogP) is 1.14. The van der Waals surface area contributed by atoms with Gasteiger partial charge in [0.2, 0.25) is 0 Å². The van der Waals surface area contributed by atoms with Crippen LogP contribution in [-0.4, -0.2) is 27.9 Å². The smallest absolute Gasteiger partial charge is 0.258 e. The van der Waals surface area contributed by atoms with Gasteiger partial charge in [0, 0.05) is 25.9 Å². The highest BCUT2D eigenvalue weighted by molar-refractivity contribution is 7.89. The molecule has 1 aliphatic rings. The number of sulfonamides is 1. The molecule has 2 aromatic heterocycles. The molecule has 0 unspecified atom stereocenters. The van der Waals surface area contributed by atoms with E-state index >= 15 is 0 Å². The van der Waals surface area contributed by atoms with Crippen LogP contribution in [0.5, 0.6) is 0 Å². The van der Waals surface area contributed by atoms with Gasteiger partial charge >= 0.3 is 0 Å². The fraction of sp³-hybridized carbons (Fsp3) is 0.538. The highest BCUT2D eigenvalue weighted by Gasteiger charge is 2.38. The zero-order valence-electron chi connectivity index (χ0n) is 12.1. The first kappa shape index (κ1) is 14.3. The Hall–Kier alpha value is -1.67. The van der Waals surface area contributed by atoms with E-state index in [1.807, 2.05) is 24.7 Å². The van der Waals surface area contributed by atoms with Crippen LogP contribution in [0.1, 0.15) is 37.5 Å². The number of nitrogens with zero attached hydrogens (tertiary/aromatic N) is 3. The number of rotatable bonds is 6. The largest absolute Gasteiger partial charge is 0.337 e. The van der Waals surface area contributed by atoms with Crippen LogP contribution in [0.25, 0.3) is 0 Å². The van der Waals surface area contributed by atoms with Gasteiger partial charge in [0.05, 0.1) is 12.2 Å². The number of H-pyrrole nitrogens is 1. The number of aromatic amines is 1. The van der Waals surface area contributed by atoms with Gasteiger partial charge in [0.25, 0.3) is 10.0 Å². The van der Waals surface area contributed by atoms with Gasteiger partial charge in [-0.3, -0.25) is 0 Å². The summed E-state index contributed by atoms with van der Waals surface area (Å²) in [6.45, 7) is 1.92. The molecule has 0 spiro atoms. The molecule has 1 fully saturated rings. The first-order valence-corrected chi connectivity index (χ1v) is 8.53. The van der Waals surface area contributed by atoms with Crippen LogP contribution in [-0.2, 0) is 23.5 Å². The topological polar surface area (TPSA) is 92.7 Å². The lowest BCUT2D eigenvalue weighted by Gasteiger charge is -2.17. The van der Waals surface area contributed by atoms with Crippen molar-refractivity contribution in [3.8, 4) is 0 Å². The van der Waals surface area contributed by atoms with E-state index in [9.17, 15) is 8.42 Å². The standard InChI is InChI=1S/C13H19N5O2S/c1-3-10-15-8-11(16-10)21(19,20)17-12(9-4-5-9)13-14-6-7-18(13)2/h6-9,12,17H,3-5H2,1-2H3,(H,15,16)/t12-/m0/s1. The van der Waals surface area contributed by atoms with Crippen LogP contribution >= 0.6 is 0 Å². The van der Waals surface area contributed by atoms with Gasteiger partial charge in [0.1, 0.15) is 11.6 Å². The summed E-state index contributed by atoms with van der Waals surface area (Å²) < 4.78 is 29.6. The Morgan fingerprint density at radius 3 is 2.76 bits per heavy atom. The molecular weight excluding hydrogens is 290 g/mol. The first-order chi connectivity index (χ1) is 10.0. The lowest BCUT2D eigenvalue weighted by molar-refractivity contribution is 0.498. The molecule has 0 radical (unpaired) electrons. The van der Waals surface area contributed by atoms with E-state index in [1.54, 1.807) is 6.20 Å². The van der Waals surface area contributed by atoms with Gasteiger partial charge in [-0.2, -0.15) is 4.72 Å². The third-order valence-corrected chi connectivity index (χ3v) is 5.09. The quantitative estimate of drug-likeness (QED) is 0.836. The summed E-state index contributed by atoms with van der Waals surface area (Å²) in [4.78, 5) is 11.2. The van der Waals surface area contributed by atoms with Crippen molar-refractivity contribution in [2.75, 3.05) is 0 Å². The summed E-state index contributed by atoms with van der Waals surface area (Å²) in [6, 6.07) is -0.289. The van der Waals surface area contributed by atoms with Gasteiger partial charge in [-0.15, -0.1) is 0 Å². The molecule has 1 aliphatic carbocycles. The Balaban J connectivity index is 1.87. The molecule has 0 amide bonds. The van der Waals surface area contributed by atoms with Crippen LogP contribution < -0.4 is 4.72 Å². The average Bonchev–Trinajstić information content (AvgIpc) is 3.00. The van der Waals surface area contributed by atoms with Crippen molar-refractivity contribution >= 4 is 10.0 Å². The number of aromatic nitrogens is 4. The summed E-state index contributed by atoms with van der Waals surface area (Å²) in [6.07, 6.45) is 7.58. The third kappa shape index (κ3) is 2.86. The Kier molecular flexibility index (Phi) is 3.58. The van der Waals surface area contributed by atoms with Gasteiger partial charge in [-0.25, -0.2) is 18.4 Å². The number of imidazole rings is 2. The summed E-state index contributed by atoms with van der Waals surface area (Å²) in [7, 11) is -1.75. The van der Waals surface area contributed by atoms with E-state index in [2.05, 4.69) is 19.7 Å². The Morgan fingerprint density at radius 2 is 2.24 bits per heavy atom. The van der Waals surface area contributed by atoms with Gasteiger partial charge in [-0.1, -0.05) is 6.92 Å². The van der Waals surface area contributed by atoms with Gasteiger partial charge in [-0.05, 0) is 18.8 Å². The molecular formula is C13H19N5O2S. The molecule has 7 nitrogen and oxygen atoms in total. The first-order valence-electron chi connectivity index (χ1n) is 7.04. The fourth-order valence-corrected chi connectivity index (χ4v) is 3.56. The second-order valence-corrected chi connectivity index (χ2v) is 7.06. The molecule has 3 rings (SSSR count). The highest BCUT2D eigenvalue weighted by atomic mass is 32.2. The van der Waals surface area contributed by atoms with Crippen LogP contribution in [0, 0.1) is 5.92 Å². The number of aryl methyl sites for hydroxylation is 2. The Labute approximate surface area is 123 Å². The summed E-state index contributed by atoms with van der Waals surface area (Å²) in [5, 5.41) is 0.110. The molecule has 21 heavy (non-hydrogen) atoms. The lowest BCUT2D eigenvalue weighted by atomic mass is 10.2. The van der Waals surface area contributed by atoms with Crippen molar-refractivity contribution in [1.29, 1.82) is 0 Å². The molecule has 2 aromatic rings. The third-order valence-electron chi connectivity index (χ3n) is 3.74. The molecule has 1 saturated carbocycles. The van der Waals surface area contributed by atoms with Crippen LogP contribution in [0.4, 0.5) is 0 Å². The Bertz CT molecular complexity index is 729. The summed E-state index contributed by atoms with van der Waals surface area (Å²) in [5.74, 6) is 1.72. The molecule has 0 saturated heterocycles. The fourth-order valence-electron chi connectivity index (χ4n) is 2.36. The zero-order chi connectivity index (χ0) is 15.0. The normalized spacial score (nSPS) is 17.0. The molecule has 0 aromatic carbocycles. The minimum Gasteiger partial charge on any atom is -0.337 e. The van der Waals surface area contributed by atoms with Crippen LogP contribution in [0.3, 0.4) is 0 Å². The maximum absolute atomic E-state index is 12.5. The minimum atomic E-state index is -3.62. The number of hydrogen-bond donors (Lipinski definition) is 2. The van der Waals surface area contributed by atoms with Crippen molar-refractivity contribution in [1.82, 2.24) is 24.2 Å². The maximum Gasteiger partial charge on any atom is 0.258 e. The lowest BCUT2D eigenvalue weighted by Crippen LogP contribution is -2.32. The van der Waals surface area contributed by atoms with Crippen molar-refractivity contribution in [2.24, 2.45) is 13.0 Å². The molecule has 2 heterocycles. The van der Waals surface area contributed by atoms with Crippen molar-refractivity contribution < 1.29 is 8.42 Å². The van der Waals surface area contributed by atoms with E-state index in [1.165, 1.54) is 6.20 Å². The SMILES string of the molecule is CCc1ncc(S(=O)(=O)N[C@H](c2nccn2C)C2CC2)[nH]1. The van der Waals surface area contributed by atoms with Crippen molar-refractivity contribution in [3.63, 3.8) is 0 Å². The second-order valence-electron chi connectivity index (χ2n) is 5.38. The van der Waals surface area contributed by atoms with Crippen LogP contribution in [0.15, 0.2) is 23.6 Å². The van der Waals surface area contributed by atoms with E-state index in [0.29, 0.717) is 18.2 Å².